The van der Waals surface area contributed by atoms with Crippen molar-refractivity contribution in [1.29, 1.82) is 0 Å². The molecule has 2 N–H and O–H groups in total. The van der Waals surface area contributed by atoms with Crippen LogP contribution in [0.4, 0.5) is 5.69 Å². The molecule has 0 saturated carbocycles. The molecule has 1 heterocycles. The molecule has 1 aliphatic rings. The highest BCUT2D eigenvalue weighted by Gasteiger charge is 2.24. The first-order valence-electron chi connectivity index (χ1n) is 6.56. The van der Waals surface area contributed by atoms with Crippen molar-refractivity contribution < 1.29 is 0 Å². The highest BCUT2D eigenvalue weighted by molar-refractivity contribution is 6.33. The van der Waals surface area contributed by atoms with E-state index in [0.717, 1.165) is 31.1 Å². The van der Waals surface area contributed by atoms with Crippen LogP contribution in [0.1, 0.15) is 12.5 Å². The molecular formula is C14H22ClN3. The van der Waals surface area contributed by atoms with Gasteiger partial charge >= 0.3 is 0 Å². The maximum absolute atomic E-state index is 6.40. The number of halogens is 1. The molecule has 100 valence electrons. The number of benzene rings is 1. The number of nitrogens with zero attached hydrogens (tertiary/aromatic N) is 2. The van der Waals surface area contributed by atoms with Gasteiger partial charge in [0.15, 0.2) is 0 Å². The molecule has 18 heavy (non-hydrogen) atoms. The Bertz CT molecular complexity index is 408. The van der Waals surface area contributed by atoms with Gasteiger partial charge in [-0.1, -0.05) is 23.7 Å². The second-order valence-corrected chi connectivity index (χ2v) is 5.50. The maximum Gasteiger partial charge on any atom is 0.0642 e. The van der Waals surface area contributed by atoms with Crippen LogP contribution in [0.15, 0.2) is 18.2 Å². The first-order chi connectivity index (χ1) is 8.63. The minimum atomic E-state index is 0.486. The molecule has 0 aromatic heterocycles. The Balaban J connectivity index is 2.31. The number of hydrogen-bond donors (Lipinski definition) is 1. The van der Waals surface area contributed by atoms with Gasteiger partial charge < -0.3 is 15.5 Å². The summed E-state index contributed by atoms with van der Waals surface area (Å²) in [6.07, 6.45) is 0.884. The van der Waals surface area contributed by atoms with E-state index in [0.29, 0.717) is 12.6 Å². The van der Waals surface area contributed by atoms with Crippen LogP contribution in [0.25, 0.3) is 0 Å². The summed E-state index contributed by atoms with van der Waals surface area (Å²) >= 11 is 6.40. The maximum atomic E-state index is 6.40. The van der Waals surface area contributed by atoms with Gasteiger partial charge in [0.2, 0.25) is 0 Å². The molecule has 1 unspecified atom stereocenters. The van der Waals surface area contributed by atoms with Gasteiger partial charge in [0.25, 0.3) is 0 Å². The molecule has 0 radical (unpaired) electrons. The molecule has 4 heteroatoms. The van der Waals surface area contributed by atoms with Crippen LogP contribution in [0.3, 0.4) is 0 Å². The van der Waals surface area contributed by atoms with Crippen LogP contribution in [0.5, 0.6) is 0 Å². The monoisotopic (exact) mass is 267 g/mol. The lowest BCUT2D eigenvalue weighted by molar-refractivity contribution is 0.275. The number of hydrogen-bond acceptors (Lipinski definition) is 3. The van der Waals surface area contributed by atoms with Crippen LogP contribution in [-0.4, -0.2) is 44.2 Å². The van der Waals surface area contributed by atoms with Gasteiger partial charge in [-0.15, -0.1) is 0 Å². The van der Waals surface area contributed by atoms with E-state index in [1.54, 1.807) is 0 Å². The number of rotatable bonds is 3. The second-order valence-electron chi connectivity index (χ2n) is 5.09. The number of anilines is 1. The summed E-state index contributed by atoms with van der Waals surface area (Å²) in [6.45, 7) is 6.10. The Kier molecular flexibility index (Phi) is 4.49. The minimum Gasteiger partial charge on any atom is -0.365 e. The predicted octanol–water partition coefficient (Wildman–Crippen LogP) is 1.98. The fraction of sp³-hybridized carbons (Fsp3) is 0.571. The zero-order valence-electron chi connectivity index (χ0n) is 11.2. The zero-order valence-corrected chi connectivity index (χ0v) is 12.0. The van der Waals surface area contributed by atoms with Crippen molar-refractivity contribution in [2.75, 3.05) is 38.1 Å². The van der Waals surface area contributed by atoms with Gasteiger partial charge in [0.05, 0.1) is 10.7 Å². The Morgan fingerprint density at radius 3 is 2.83 bits per heavy atom. The molecule has 1 atom stereocenters. The van der Waals surface area contributed by atoms with E-state index in [1.807, 2.05) is 12.1 Å². The van der Waals surface area contributed by atoms with Crippen LogP contribution in [0, 0.1) is 0 Å². The summed E-state index contributed by atoms with van der Waals surface area (Å²) in [7, 11) is 2.17. The van der Waals surface area contributed by atoms with Crippen molar-refractivity contribution in [2.45, 2.75) is 19.4 Å². The van der Waals surface area contributed by atoms with Crippen molar-refractivity contribution in [1.82, 2.24) is 4.90 Å². The van der Waals surface area contributed by atoms with Crippen molar-refractivity contribution in [3.8, 4) is 0 Å². The van der Waals surface area contributed by atoms with Crippen LogP contribution in [0.2, 0.25) is 5.02 Å². The second kappa shape index (κ2) is 5.91. The van der Waals surface area contributed by atoms with E-state index in [1.165, 1.54) is 11.3 Å². The van der Waals surface area contributed by atoms with Gasteiger partial charge in [-0.25, -0.2) is 0 Å². The Labute approximate surface area is 115 Å². The lowest BCUT2D eigenvalue weighted by Crippen LogP contribution is -2.51. The lowest BCUT2D eigenvalue weighted by atomic mass is 10.1. The van der Waals surface area contributed by atoms with Crippen molar-refractivity contribution in [3.63, 3.8) is 0 Å². The predicted molar refractivity (Wildman–Crippen MR) is 78.5 cm³/mol. The summed E-state index contributed by atoms with van der Waals surface area (Å²) < 4.78 is 0. The Morgan fingerprint density at radius 1 is 1.39 bits per heavy atom. The number of nitrogens with two attached hydrogens (primary N) is 1. The van der Waals surface area contributed by atoms with E-state index >= 15 is 0 Å². The van der Waals surface area contributed by atoms with E-state index in [9.17, 15) is 0 Å². The molecule has 1 aromatic carbocycles. The molecule has 0 aliphatic carbocycles. The average molecular weight is 268 g/mol. The third-order valence-corrected chi connectivity index (χ3v) is 3.91. The SMILES string of the molecule is CC1CN(C)CCN1c1c(Cl)cccc1CCN. The average Bonchev–Trinajstić information content (AvgIpc) is 2.31. The van der Waals surface area contributed by atoms with Crippen LogP contribution < -0.4 is 10.6 Å². The van der Waals surface area contributed by atoms with Crippen molar-refractivity contribution >= 4 is 17.3 Å². The molecule has 1 aromatic rings. The van der Waals surface area contributed by atoms with Gasteiger partial charge in [0, 0.05) is 25.7 Å². The first kappa shape index (κ1) is 13.7. The first-order valence-corrected chi connectivity index (χ1v) is 6.94. The van der Waals surface area contributed by atoms with Crippen molar-refractivity contribution in [2.24, 2.45) is 5.73 Å². The van der Waals surface area contributed by atoms with E-state index < -0.39 is 0 Å². The fourth-order valence-corrected chi connectivity index (χ4v) is 3.01. The molecule has 1 fully saturated rings. The quantitative estimate of drug-likeness (QED) is 0.909. The third kappa shape index (κ3) is 2.79. The molecular weight excluding hydrogens is 246 g/mol. The summed E-state index contributed by atoms with van der Waals surface area (Å²) in [5.74, 6) is 0. The summed E-state index contributed by atoms with van der Waals surface area (Å²) in [5.41, 5.74) is 8.15. The fourth-order valence-electron chi connectivity index (χ4n) is 2.71. The largest absolute Gasteiger partial charge is 0.365 e. The molecule has 2 rings (SSSR count). The summed E-state index contributed by atoms with van der Waals surface area (Å²) in [5, 5.41) is 0.845. The third-order valence-electron chi connectivity index (χ3n) is 3.60. The standard InChI is InChI=1S/C14H22ClN3/c1-11-10-17(2)8-9-18(11)14-12(6-7-16)4-3-5-13(14)15/h3-5,11H,6-10,16H2,1-2H3. The Morgan fingerprint density at radius 2 is 2.17 bits per heavy atom. The van der Waals surface area contributed by atoms with Crippen LogP contribution in [-0.2, 0) is 6.42 Å². The summed E-state index contributed by atoms with van der Waals surface area (Å²) in [4.78, 5) is 4.79. The van der Waals surface area contributed by atoms with E-state index in [4.69, 9.17) is 17.3 Å². The number of likely N-dealkylation sites (N-methyl/N-ethyl adjacent to an activating group) is 1. The van der Waals surface area contributed by atoms with Gasteiger partial charge in [-0.2, -0.15) is 0 Å². The highest BCUT2D eigenvalue weighted by Crippen LogP contribution is 2.32. The lowest BCUT2D eigenvalue weighted by Gasteiger charge is -2.41. The number of piperazine rings is 1. The molecule has 1 aliphatic heterocycles. The zero-order chi connectivity index (χ0) is 13.1. The van der Waals surface area contributed by atoms with Gasteiger partial charge in [-0.05, 0) is 38.6 Å². The van der Waals surface area contributed by atoms with E-state index in [2.05, 4.69) is 29.8 Å². The van der Waals surface area contributed by atoms with Gasteiger partial charge in [-0.3, -0.25) is 0 Å². The normalized spacial score (nSPS) is 21.3. The Hall–Kier alpha value is -0.770. The van der Waals surface area contributed by atoms with Crippen molar-refractivity contribution in [3.05, 3.63) is 28.8 Å². The summed E-state index contributed by atoms with van der Waals surface area (Å²) in [6, 6.07) is 6.61. The number of para-hydroxylation sites is 1. The molecule has 1 saturated heterocycles. The smallest absolute Gasteiger partial charge is 0.0642 e. The van der Waals surface area contributed by atoms with E-state index in [-0.39, 0.29) is 0 Å². The molecule has 0 spiro atoms. The minimum absolute atomic E-state index is 0.486. The molecule has 0 amide bonds. The highest BCUT2D eigenvalue weighted by atomic mass is 35.5. The molecule has 0 bridgehead atoms. The molecule has 3 nitrogen and oxygen atoms in total. The topological polar surface area (TPSA) is 32.5 Å². The van der Waals surface area contributed by atoms with Gasteiger partial charge in [0.1, 0.15) is 0 Å². The van der Waals surface area contributed by atoms with Crippen LogP contribution >= 0.6 is 11.6 Å².